The van der Waals surface area contributed by atoms with Crippen LogP contribution in [0, 0.1) is 32.3 Å². The van der Waals surface area contributed by atoms with Gasteiger partial charge in [-0.15, -0.1) is 16.6 Å². The monoisotopic (exact) mass is 167 g/mol. The van der Waals surface area contributed by atoms with Crippen molar-refractivity contribution in [1.82, 2.24) is 0 Å². The number of rotatable bonds is 1. The second kappa shape index (κ2) is 2.93. The van der Waals surface area contributed by atoms with E-state index in [1.165, 1.54) is 21.8 Å². The molecule has 0 aliphatic heterocycles. The predicted molar refractivity (Wildman–Crippen MR) is 44.8 cm³/mol. The minimum Gasteiger partial charge on any atom is -0.377 e. The molecule has 0 N–H and O–H groups in total. The lowest BCUT2D eigenvalue weighted by atomic mass is 10.2. The van der Waals surface area contributed by atoms with Gasteiger partial charge in [0, 0.05) is 10.4 Å². The summed E-state index contributed by atoms with van der Waals surface area (Å²) >= 11 is 1.52. The number of hydrogen-bond acceptors (Lipinski definition) is 3. The third-order valence-corrected chi connectivity index (χ3v) is 2.97. The van der Waals surface area contributed by atoms with E-state index >= 15 is 0 Å². The van der Waals surface area contributed by atoms with Gasteiger partial charge < -0.3 is 4.74 Å². The summed E-state index contributed by atoms with van der Waals surface area (Å²) in [6.45, 7) is 6.02. The maximum absolute atomic E-state index is 8.28. The van der Waals surface area contributed by atoms with Crippen molar-refractivity contribution in [1.29, 1.82) is 5.26 Å². The summed E-state index contributed by atoms with van der Waals surface area (Å²) in [4.78, 5) is 1.22. The first-order valence-electron chi connectivity index (χ1n) is 3.29. The van der Waals surface area contributed by atoms with Crippen molar-refractivity contribution in [3.05, 3.63) is 16.0 Å². The Morgan fingerprint density at radius 2 is 1.91 bits per heavy atom. The molecule has 1 aromatic rings. The lowest BCUT2D eigenvalue weighted by molar-refractivity contribution is 0.518. The average molecular weight is 167 g/mol. The lowest BCUT2D eigenvalue weighted by Gasteiger charge is -1.91. The van der Waals surface area contributed by atoms with E-state index < -0.39 is 0 Å². The summed E-state index contributed by atoms with van der Waals surface area (Å²) in [5.74, 6) is 0. The van der Waals surface area contributed by atoms with Crippen molar-refractivity contribution >= 4 is 11.3 Å². The topological polar surface area (TPSA) is 33.0 Å². The van der Waals surface area contributed by atoms with Crippen molar-refractivity contribution in [2.75, 3.05) is 0 Å². The van der Waals surface area contributed by atoms with Crippen LogP contribution in [0.25, 0.3) is 0 Å². The molecule has 0 unspecified atom stereocenters. The first-order chi connectivity index (χ1) is 5.16. The van der Waals surface area contributed by atoms with Crippen molar-refractivity contribution in [3.8, 4) is 11.3 Å². The molecular weight excluding hydrogens is 158 g/mol. The standard InChI is InChI=1S/C8H9NOS/c1-5-6(2)8(10-4-9)11-7(5)3/h1-3H3. The Balaban J connectivity index is 3.10. The molecular formula is C8H9NOS. The number of nitriles is 1. The molecule has 0 aliphatic rings. The lowest BCUT2D eigenvalue weighted by Crippen LogP contribution is -1.80. The summed E-state index contributed by atoms with van der Waals surface area (Å²) in [6.07, 6.45) is 1.68. The highest BCUT2D eigenvalue weighted by Gasteiger charge is 2.08. The average Bonchev–Trinajstić information content (AvgIpc) is 2.19. The fourth-order valence-corrected chi connectivity index (χ4v) is 1.82. The second-order valence-electron chi connectivity index (χ2n) is 2.39. The van der Waals surface area contributed by atoms with Gasteiger partial charge in [0.25, 0.3) is 6.26 Å². The Hall–Kier alpha value is -1.01. The Morgan fingerprint density at radius 3 is 2.27 bits per heavy atom. The highest BCUT2D eigenvalue weighted by Crippen LogP contribution is 2.33. The summed E-state index contributed by atoms with van der Waals surface area (Å²) in [5.41, 5.74) is 2.30. The third-order valence-electron chi connectivity index (χ3n) is 1.78. The zero-order chi connectivity index (χ0) is 8.43. The van der Waals surface area contributed by atoms with E-state index in [1.807, 2.05) is 20.8 Å². The van der Waals surface area contributed by atoms with Gasteiger partial charge in [-0.05, 0) is 26.3 Å². The molecule has 0 fully saturated rings. The summed E-state index contributed by atoms with van der Waals surface area (Å²) < 4.78 is 4.76. The number of hydrogen-bond donors (Lipinski definition) is 0. The molecule has 0 saturated carbocycles. The molecule has 0 saturated heterocycles. The molecule has 1 rings (SSSR count). The fourth-order valence-electron chi connectivity index (χ4n) is 0.848. The van der Waals surface area contributed by atoms with E-state index in [-0.39, 0.29) is 0 Å². The van der Waals surface area contributed by atoms with Gasteiger partial charge in [-0.3, -0.25) is 0 Å². The smallest absolute Gasteiger partial charge is 0.293 e. The summed E-state index contributed by atoms with van der Waals surface area (Å²) in [7, 11) is 0. The molecule has 11 heavy (non-hydrogen) atoms. The van der Waals surface area contributed by atoms with Crippen LogP contribution in [-0.4, -0.2) is 0 Å². The molecule has 1 heterocycles. The van der Waals surface area contributed by atoms with E-state index in [0.29, 0.717) is 0 Å². The van der Waals surface area contributed by atoms with Crippen molar-refractivity contribution in [2.45, 2.75) is 20.8 Å². The summed E-state index contributed by atoms with van der Waals surface area (Å²) in [5, 5.41) is 9.00. The Labute approximate surface area is 70.0 Å². The molecule has 58 valence electrons. The Kier molecular flexibility index (Phi) is 2.16. The van der Waals surface area contributed by atoms with Crippen LogP contribution in [0.15, 0.2) is 0 Å². The van der Waals surface area contributed by atoms with E-state index in [9.17, 15) is 0 Å². The number of thiophene rings is 1. The van der Waals surface area contributed by atoms with Gasteiger partial charge in [-0.2, -0.15) is 0 Å². The van der Waals surface area contributed by atoms with Crippen LogP contribution in [0.2, 0.25) is 0 Å². The van der Waals surface area contributed by atoms with E-state index in [2.05, 4.69) is 0 Å². The molecule has 0 radical (unpaired) electrons. The van der Waals surface area contributed by atoms with Gasteiger partial charge in [0.05, 0.1) is 0 Å². The van der Waals surface area contributed by atoms with Crippen LogP contribution >= 0.6 is 11.3 Å². The van der Waals surface area contributed by atoms with Gasteiger partial charge in [-0.1, -0.05) is 0 Å². The van der Waals surface area contributed by atoms with Crippen molar-refractivity contribution in [3.63, 3.8) is 0 Å². The van der Waals surface area contributed by atoms with Gasteiger partial charge in [0.1, 0.15) is 0 Å². The predicted octanol–water partition coefficient (Wildman–Crippen LogP) is 2.53. The first-order valence-corrected chi connectivity index (χ1v) is 4.11. The third kappa shape index (κ3) is 1.36. The van der Waals surface area contributed by atoms with Crippen LogP contribution in [0.5, 0.6) is 5.06 Å². The van der Waals surface area contributed by atoms with Crippen molar-refractivity contribution in [2.24, 2.45) is 0 Å². The Morgan fingerprint density at radius 1 is 1.27 bits per heavy atom. The number of aryl methyl sites for hydroxylation is 1. The minimum atomic E-state index is 0.725. The fraction of sp³-hybridized carbons (Fsp3) is 0.375. The van der Waals surface area contributed by atoms with Crippen LogP contribution in [0.4, 0.5) is 0 Å². The quantitative estimate of drug-likeness (QED) is 0.602. The maximum atomic E-state index is 8.28. The SMILES string of the molecule is Cc1sc(OC#N)c(C)c1C. The highest BCUT2D eigenvalue weighted by molar-refractivity contribution is 7.14. The molecule has 0 amide bonds. The zero-order valence-corrected chi connectivity index (χ0v) is 7.58. The minimum absolute atomic E-state index is 0.725. The summed E-state index contributed by atoms with van der Waals surface area (Å²) in [6, 6.07) is 0. The number of nitrogens with zero attached hydrogens (tertiary/aromatic N) is 1. The first kappa shape index (κ1) is 8.09. The molecule has 0 spiro atoms. The molecule has 3 heteroatoms. The molecule has 2 nitrogen and oxygen atoms in total. The molecule has 0 aromatic carbocycles. The number of ether oxygens (including phenoxy) is 1. The van der Waals surface area contributed by atoms with Crippen LogP contribution in [0.1, 0.15) is 16.0 Å². The van der Waals surface area contributed by atoms with Gasteiger partial charge in [-0.25, -0.2) is 0 Å². The Bertz CT molecular complexity index is 309. The van der Waals surface area contributed by atoms with E-state index in [0.717, 1.165) is 10.6 Å². The zero-order valence-electron chi connectivity index (χ0n) is 6.76. The van der Waals surface area contributed by atoms with E-state index in [4.69, 9.17) is 10.00 Å². The normalized spacial score (nSPS) is 9.27. The van der Waals surface area contributed by atoms with Gasteiger partial charge in [0.15, 0.2) is 5.06 Å². The van der Waals surface area contributed by atoms with Gasteiger partial charge in [0.2, 0.25) is 0 Å². The van der Waals surface area contributed by atoms with Crippen LogP contribution in [-0.2, 0) is 0 Å². The molecule has 1 aromatic heterocycles. The van der Waals surface area contributed by atoms with Gasteiger partial charge >= 0.3 is 0 Å². The molecule has 0 atom stereocenters. The highest BCUT2D eigenvalue weighted by atomic mass is 32.1. The van der Waals surface area contributed by atoms with Crippen LogP contribution < -0.4 is 4.74 Å². The largest absolute Gasteiger partial charge is 0.377 e. The van der Waals surface area contributed by atoms with Crippen LogP contribution in [0.3, 0.4) is 0 Å². The molecule has 0 aliphatic carbocycles. The van der Waals surface area contributed by atoms with E-state index in [1.54, 1.807) is 6.26 Å². The van der Waals surface area contributed by atoms with Crippen molar-refractivity contribution < 1.29 is 4.74 Å². The maximum Gasteiger partial charge on any atom is 0.293 e. The second-order valence-corrected chi connectivity index (χ2v) is 3.58. The molecule has 0 bridgehead atoms.